The van der Waals surface area contributed by atoms with Crippen LogP contribution in [-0.2, 0) is 22.6 Å². The number of carbonyl (C=O) groups is 2. The second-order valence-corrected chi connectivity index (χ2v) is 7.09. The number of hydrogen-bond donors (Lipinski definition) is 1. The average molecular weight is 335 g/mol. The van der Waals surface area contributed by atoms with E-state index < -0.39 is 0 Å². The maximum absolute atomic E-state index is 12.0. The first kappa shape index (κ1) is 15.2. The fourth-order valence-corrected chi connectivity index (χ4v) is 4.06. The van der Waals surface area contributed by atoms with Crippen LogP contribution in [0.15, 0.2) is 16.8 Å². The van der Waals surface area contributed by atoms with Crippen LogP contribution in [-0.4, -0.2) is 23.3 Å². The van der Waals surface area contributed by atoms with E-state index in [4.69, 9.17) is 0 Å². The van der Waals surface area contributed by atoms with Crippen LogP contribution >= 0.6 is 22.7 Å². The van der Waals surface area contributed by atoms with Gasteiger partial charge in [-0.3, -0.25) is 14.5 Å². The summed E-state index contributed by atoms with van der Waals surface area (Å²) in [5.74, 6) is 0.0796. The minimum Gasteiger partial charge on any atom is -0.351 e. The summed E-state index contributed by atoms with van der Waals surface area (Å²) in [6.45, 7) is 3.33. The van der Waals surface area contributed by atoms with Gasteiger partial charge in [-0.15, -0.1) is 22.7 Å². The number of nitrogens with one attached hydrogen (secondary N) is 1. The Morgan fingerprint density at radius 2 is 2.32 bits per heavy atom. The molecule has 1 aliphatic rings. The van der Waals surface area contributed by atoms with E-state index in [-0.39, 0.29) is 18.2 Å². The average Bonchev–Trinajstić information content (AvgIpc) is 3.19. The van der Waals surface area contributed by atoms with E-state index in [1.165, 1.54) is 21.8 Å². The Bertz CT molecular complexity index is 693. The van der Waals surface area contributed by atoms with Crippen molar-refractivity contribution in [3.8, 4) is 0 Å². The summed E-state index contributed by atoms with van der Waals surface area (Å²) < 4.78 is 0. The molecule has 3 heterocycles. The van der Waals surface area contributed by atoms with Crippen LogP contribution in [0.2, 0.25) is 0 Å². The van der Waals surface area contributed by atoms with Gasteiger partial charge in [0, 0.05) is 23.2 Å². The van der Waals surface area contributed by atoms with Gasteiger partial charge in [0.2, 0.25) is 11.8 Å². The van der Waals surface area contributed by atoms with Crippen LogP contribution < -0.4 is 10.2 Å². The molecular formula is C15H17N3O2S2. The molecule has 7 heteroatoms. The van der Waals surface area contributed by atoms with Crippen LogP contribution in [0.1, 0.15) is 29.0 Å². The van der Waals surface area contributed by atoms with Gasteiger partial charge in [0.25, 0.3) is 0 Å². The van der Waals surface area contributed by atoms with Crippen molar-refractivity contribution in [2.45, 2.75) is 32.7 Å². The number of hydrogen-bond acceptors (Lipinski definition) is 5. The Kier molecular flexibility index (Phi) is 4.54. The Morgan fingerprint density at radius 1 is 1.45 bits per heavy atom. The normalized spacial score (nSPS) is 14.6. The summed E-state index contributed by atoms with van der Waals surface area (Å²) in [5.41, 5.74) is 1.92. The van der Waals surface area contributed by atoms with Gasteiger partial charge in [-0.1, -0.05) is 0 Å². The van der Waals surface area contributed by atoms with Crippen molar-refractivity contribution in [1.29, 1.82) is 0 Å². The minimum absolute atomic E-state index is 0.0441. The quantitative estimate of drug-likeness (QED) is 0.913. The number of aryl methyl sites for hydroxylation is 1. The monoisotopic (exact) mass is 335 g/mol. The SMILES string of the molecule is Cc1ccsc1CNC(=O)Cc1csc(N2CCCC2=O)n1. The molecule has 1 saturated heterocycles. The zero-order chi connectivity index (χ0) is 15.5. The van der Waals surface area contributed by atoms with Gasteiger partial charge in [-0.05, 0) is 30.4 Å². The molecule has 116 valence electrons. The van der Waals surface area contributed by atoms with E-state index in [0.29, 0.717) is 18.1 Å². The lowest BCUT2D eigenvalue weighted by Gasteiger charge is -2.10. The van der Waals surface area contributed by atoms with Gasteiger partial charge in [0.05, 0.1) is 18.7 Å². The molecule has 0 aliphatic carbocycles. The zero-order valence-corrected chi connectivity index (χ0v) is 13.9. The number of amides is 2. The molecule has 2 amide bonds. The molecule has 5 nitrogen and oxygen atoms in total. The van der Waals surface area contributed by atoms with E-state index in [1.54, 1.807) is 16.2 Å². The van der Waals surface area contributed by atoms with Crippen molar-refractivity contribution in [2.75, 3.05) is 11.4 Å². The van der Waals surface area contributed by atoms with E-state index in [0.717, 1.165) is 18.7 Å². The van der Waals surface area contributed by atoms with Crippen LogP contribution in [0.5, 0.6) is 0 Å². The molecule has 0 saturated carbocycles. The molecule has 0 radical (unpaired) electrons. The molecule has 1 aliphatic heterocycles. The largest absolute Gasteiger partial charge is 0.351 e. The highest BCUT2D eigenvalue weighted by atomic mass is 32.1. The van der Waals surface area contributed by atoms with Crippen LogP contribution in [0, 0.1) is 6.92 Å². The predicted octanol–water partition coefficient (Wildman–Crippen LogP) is 2.50. The highest BCUT2D eigenvalue weighted by molar-refractivity contribution is 7.14. The lowest BCUT2D eigenvalue weighted by Crippen LogP contribution is -2.25. The summed E-state index contributed by atoms with van der Waals surface area (Å²) in [7, 11) is 0. The maximum Gasteiger partial charge on any atom is 0.228 e. The fourth-order valence-electron chi connectivity index (χ4n) is 2.34. The Hall–Kier alpha value is -1.73. The standard InChI is InChI=1S/C15H17N3O2S2/c1-10-4-6-21-12(10)8-16-13(19)7-11-9-22-15(17-11)18-5-2-3-14(18)20/h4,6,9H,2-3,5,7-8H2,1H3,(H,16,19). The summed E-state index contributed by atoms with van der Waals surface area (Å²) >= 11 is 3.07. The zero-order valence-electron chi connectivity index (χ0n) is 12.3. The highest BCUT2D eigenvalue weighted by Crippen LogP contribution is 2.25. The molecule has 0 unspecified atom stereocenters. The van der Waals surface area contributed by atoms with Gasteiger partial charge in [0.15, 0.2) is 5.13 Å². The molecular weight excluding hydrogens is 318 g/mol. The van der Waals surface area contributed by atoms with Crippen LogP contribution in [0.25, 0.3) is 0 Å². The molecule has 2 aromatic rings. The third kappa shape index (κ3) is 3.36. The summed E-state index contributed by atoms with van der Waals surface area (Å²) in [4.78, 5) is 31.0. The van der Waals surface area contributed by atoms with E-state index in [2.05, 4.69) is 10.3 Å². The number of thiophene rings is 1. The molecule has 2 aromatic heterocycles. The third-order valence-electron chi connectivity index (χ3n) is 3.60. The van der Waals surface area contributed by atoms with Crippen molar-refractivity contribution in [1.82, 2.24) is 10.3 Å². The number of thiazole rings is 1. The second-order valence-electron chi connectivity index (χ2n) is 5.25. The fraction of sp³-hybridized carbons (Fsp3) is 0.400. The highest BCUT2D eigenvalue weighted by Gasteiger charge is 2.24. The van der Waals surface area contributed by atoms with Crippen LogP contribution in [0.4, 0.5) is 5.13 Å². The molecule has 1 fully saturated rings. The van der Waals surface area contributed by atoms with Crippen molar-refractivity contribution in [2.24, 2.45) is 0 Å². The van der Waals surface area contributed by atoms with E-state index in [9.17, 15) is 9.59 Å². The number of carbonyl (C=O) groups excluding carboxylic acids is 2. The molecule has 0 spiro atoms. The van der Waals surface area contributed by atoms with Gasteiger partial charge < -0.3 is 5.32 Å². The topological polar surface area (TPSA) is 62.3 Å². The van der Waals surface area contributed by atoms with Crippen molar-refractivity contribution in [3.63, 3.8) is 0 Å². The Balaban J connectivity index is 1.54. The summed E-state index contributed by atoms with van der Waals surface area (Å²) in [5, 5.41) is 7.51. The first-order valence-corrected chi connectivity index (χ1v) is 8.94. The number of rotatable bonds is 5. The first-order chi connectivity index (χ1) is 10.6. The van der Waals surface area contributed by atoms with Crippen LogP contribution in [0.3, 0.4) is 0 Å². The van der Waals surface area contributed by atoms with Gasteiger partial charge in [-0.25, -0.2) is 4.98 Å². The number of anilines is 1. The lowest BCUT2D eigenvalue weighted by atomic mass is 10.3. The minimum atomic E-state index is -0.0441. The smallest absolute Gasteiger partial charge is 0.228 e. The van der Waals surface area contributed by atoms with Crippen molar-refractivity contribution < 1.29 is 9.59 Å². The summed E-state index contributed by atoms with van der Waals surface area (Å²) in [6.07, 6.45) is 1.73. The third-order valence-corrected chi connectivity index (χ3v) is 5.54. The lowest BCUT2D eigenvalue weighted by molar-refractivity contribution is -0.120. The van der Waals surface area contributed by atoms with Gasteiger partial charge in [-0.2, -0.15) is 0 Å². The van der Waals surface area contributed by atoms with E-state index >= 15 is 0 Å². The number of aromatic nitrogens is 1. The van der Waals surface area contributed by atoms with E-state index in [1.807, 2.05) is 23.8 Å². The number of nitrogens with zero attached hydrogens (tertiary/aromatic N) is 2. The molecule has 3 rings (SSSR count). The first-order valence-electron chi connectivity index (χ1n) is 7.18. The molecule has 0 atom stereocenters. The summed E-state index contributed by atoms with van der Waals surface area (Å²) in [6, 6.07) is 2.05. The maximum atomic E-state index is 12.0. The Morgan fingerprint density at radius 3 is 3.00 bits per heavy atom. The molecule has 1 N–H and O–H groups in total. The second kappa shape index (κ2) is 6.58. The predicted molar refractivity (Wildman–Crippen MR) is 88.3 cm³/mol. The van der Waals surface area contributed by atoms with Gasteiger partial charge >= 0.3 is 0 Å². The van der Waals surface area contributed by atoms with Crippen molar-refractivity contribution in [3.05, 3.63) is 33.0 Å². The molecule has 0 aromatic carbocycles. The van der Waals surface area contributed by atoms with Gasteiger partial charge in [0.1, 0.15) is 0 Å². The molecule has 0 bridgehead atoms. The molecule has 22 heavy (non-hydrogen) atoms. The van der Waals surface area contributed by atoms with Crippen molar-refractivity contribution >= 4 is 39.6 Å². The Labute approximate surface area is 137 Å².